The minimum absolute atomic E-state index is 0.480. The van der Waals surface area contributed by atoms with Crippen LogP contribution < -0.4 is 15.0 Å². The molecule has 0 bridgehead atoms. The molecule has 0 unspecified atom stereocenters. The minimum atomic E-state index is 0.480. The lowest BCUT2D eigenvalue weighted by molar-refractivity contribution is 0.338. The average Bonchev–Trinajstić information content (AvgIpc) is 3.35. The fourth-order valence-electron chi connectivity index (χ4n) is 4.67. The lowest BCUT2D eigenvalue weighted by atomic mass is 10.0. The van der Waals surface area contributed by atoms with Crippen LogP contribution in [0.5, 0.6) is 5.75 Å². The number of piperidine rings is 1. The zero-order valence-corrected chi connectivity index (χ0v) is 20.3. The number of nitriles is 1. The number of rotatable bonds is 7. The summed E-state index contributed by atoms with van der Waals surface area (Å²) in [5, 5.41) is 17.6. The van der Waals surface area contributed by atoms with Crippen molar-refractivity contribution in [3.05, 3.63) is 77.7 Å². The van der Waals surface area contributed by atoms with Gasteiger partial charge in [0.2, 0.25) is 0 Å². The van der Waals surface area contributed by atoms with Crippen LogP contribution in [0, 0.1) is 23.7 Å². The van der Waals surface area contributed by atoms with Crippen molar-refractivity contribution < 1.29 is 4.74 Å². The summed E-state index contributed by atoms with van der Waals surface area (Å²) in [6, 6.07) is 16.9. The maximum absolute atomic E-state index is 9.56. The third-order valence-corrected chi connectivity index (χ3v) is 6.61. The Labute approximate surface area is 211 Å². The molecule has 0 aliphatic carbocycles. The maximum Gasteiger partial charge on any atom is 0.138 e. The number of nitrogens with one attached hydrogen (secondary N) is 1. The third kappa shape index (κ3) is 4.88. The number of terminal acetylenes is 1. The van der Waals surface area contributed by atoms with Crippen molar-refractivity contribution >= 4 is 11.3 Å². The van der Waals surface area contributed by atoms with Crippen molar-refractivity contribution in [3.8, 4) is 35.3 Å². The molecule has 3 aromatic heterocycles. The fraction of sp³-hybridized carbons (Fsp3) is 0.276. The number of ether oxygens (including phenoxy) is 1. The Bertz CT molecular complexity index is 1420. The van der Waals surface area contributed by atoms with E-state index >= 15 is 0 Å². The molecule has 4 aromatic rings. The first-order valence-corrected chi connectivity index (χ1v) is 12.2. The minimum Gasteiger partial charge on any atom is -0.492 e. The number of benzene rings is 1. The van der Waals surface area contributed by atoms with Gasteiger partial charge in [-0.2, -0.15) is 10.4 Å². The summed E-state index contributed by atoms with van der Waals surface area (Å²) in [6.07, 6.45) is 12.8. The van der Waals surface area contributed by atoms with Crippen molar-refractivity contribution in [1.29, 1.82) is 5.26 Å². The van der Waals surface area contributed by atoms with E-state index in [1.807, 2.05) is 31.3 Å². The Morgan fingerprint density at radius 2 is 1.94 bits per heavy atom. The Hall–Kier alpha value is -4.33. The molecule has 0 radical (unpaired) electrons. The Balaban J connectivity index is 1.25. The van der Waals surface area contributed by atoms with Crippen molar-refractivity contribution in [3.63, 3.8) is 0 Å². The molecule has 1 aromatic carbocycles. The molecule has 1 N–H and O–H groups in total. The topological polar surface area (TPSA) is 78.5 Å². The van der Waals surface area contributed by atoms with Crippen LogP contribution in [-0.4, -0.2) is 40.3 Å². The second-order valence-electron chi connectivity index (χ2n) is 8.87. The van der Waals surface area contributed by atoms with Gasteiger partial charge >= 0.3 is 0 Å². The molecule has 36 heavy (non-hydrogen) atoms. The molecule has 0 spiro atoms. The number of pyridine rings is 2. The van der Waals surface area contributed by atoms with E-state index in [1.54, 1.807) is 16.9 Å². The van der Waals surface area contributed by atoms with Crippen molar-refractivity contribution in [2.45, 2.75) is 32.4 Å². The van der Waals surface area contributed by atoms with Gasteiger partial charge in [0.25, 0.3) is 0 Å². The number of aromatic nitrogens is 3. The molecule has 0 amide bonds. The van der Waals surface area contributed by atoms with Crippen molar-refractivity contribution in [2.24, 2.45) is 0 Å². The molecule has 7 heteroatoms. The van der Waals surface area contributed by atoms with Gasteiger partial charge in [-0.1, -0.05) is 18.1 Å². The van der Waals surface area contributed by atoms with Gasteiger partial charge in [0, 0.05) is 48.6 Å². The standard InChI is InChI=1S/C29H28N6O/c1-3-21-5-7-22(8-6-21)17-31-25-11-13-34(14-12-25)28-10-9-23(18-32-28)27-15-26(36-4-2)20-35-29(27)24(16-30)19-33-35/h1,5-10,15,18-20,25,31H,4,11-14,17H2,2H3. The predicted octanol–water partition coefficient (Wildman–Crippen LogP) is 4.41. The summed E-state index contributed by atoms with van der Waals surface area (Å²) in [5.74, 6) is 4.33. The molecule has 180 valence electrons. The van der Waals surface area contributed by atoms with E-state index in [9.17, 15) is 5.26 Å². The van der Waals surface area contributed by atoms with Crippen LogP contribution >= 0.6 is 0 Å². The van der Waals surface area contributed by atoms with E-state index in [1.165, 1.54) is 5.56 Å². The summed E-state index contributed by atoms with van der Waals surface area (Å²) in [6.45, 7) is 5.24. The quantitative estimate of drug-likeness (QED) is 0.398. The monoisotopic (exact) mass is 476 g/mol. The van der Waals surface area contributed by atoms with Crippen LogP contribution in [0.3, 0.4) is 0 Å². The van der Waals surface area contributed by atoms with Crippen LogP contribution in [0.1, 0.15) is 36.5 Å². The molecule has 1 aliphatic heterocycles. The van der Waals surface area contributed by atoms with Gasteiger partial charge in [0.05, 0.1) is 30.1 Å². The molecule has 0 atom stereocenters. The van der Waals surface area contributed by atoms with Crippen LogP contribution in [0.2, 0.25) is 0 Å². The van der Waals surface area contributed by atoms with Gasteiger partial charge in [-0.25, -0.2) is 9.50 Å². The van der Waals surface area contributed by atoms with Gasteiger partial charge in [-0.15, -0.1) is 6.42 Å². The molecular formula is C29H28N6O. The van der Waals surface area contributed by atoms with Gasteiger partial charge in [0.15, 0.2) is 0 Å². The van der Waals surface area contributed by atoms with Crippen LogP contribution in [0.4, 0.5) is 5.82 Å². The second-order valence-corrected chi connectivity index (χ2v) is 8.87. The highest BCUT2D eigenvalue weighted by Gasteiger charge is 2.20. The zero-order valence-electron chi connectivity index (χ0n) is 20.3. The second kappa shape index (κ2) is 10.5. The highest BCUT2D eigenvalue weighted by molar-refractivity contribution is 5.85. The Kier molecular flexibility index (Phi) is 6.84. The van der Waals surface area contributed by atoms with Gasteiger partial charge in [0.1, 0.15) is 17.6 Å². The average molecular weight is 477 g/mol. The van der Waals surface area contributed by atoms with Crippen molar-refractivity contribution in [1.82, 2.24) is 19.9 Å². The van der Waals surface area contributed by atoms with Gasteiger partial charge in [-0.3, -0.25) is 0 Å². The molecule has 1 fully saturated rings. The molecular weight excluding hydrogens is 448 g/mol. The highest BCUT2D eigenvalue weighted by atomic mass is 16.5. The molecule has 0 saturated carbocycles. The lowest BCUT2D eigenvalue weighted by Crippen LogP contribution is -2.42. The Morgan fingerprint density at radius 1 is 1.14 bits per heavy atom. The summed E-state index contributed by atoms with van der Waals surface area (Å²) in [4.78, 5) is 7.10. The largest absolute Gasteiger partial charge is 0.492 e. The summed E-state index contributed by atoms with van der Waals surface area (Å²) in [5.41, 5.74) is 5.25. The van der Waals surface area contributed by atoms with Gasteiger partial charge < -0.3 is 15.0 Å². The fourth-order valence-corrected chi connectivity index (χ4v) is 4.67. The molecule has 5 rings (SSSR count). The van der Waals surface area contributed by atoms with Crippen LogP contribution in [0.15, 0.2) is 61.1 Å². The van der Waals surface area contributed by atoms with Crippen LogP contribution in [-0.2, 0) is 6.54 Å². The van der Waals surface area contributed by atoms with Gasteiger partial charge in [-0.05, 0) is 55.7 Å². The summed E-state index contributed by atoms with van der Waals surface area (Å²) < 4.78 is 7.42. The molecule has 1 saturated heterocycles. The lowest BCUT2D eigenvalue weighted by Gasteiger charge is -2.33. The number of hydrogen-bond donors (Lipinski definition) is 1. The van der Waals surface area contributed by atoms with Crippen LogP contribution in [0.25, 0.3) is 16.6 Å². The van der Waals surface area contributed by atoms with E-state index in [2.05, 4.69) is 51.6 Å². The normalized spacial score (nSPS) is 13.9. The first kappa shape index (κ1) is 23.4. The van der Waals surface area contributed by atoms with E-state index in [0.717, 1.165) is 60.5 Å². The van der Waals surface area contributed by atoms with E-state index in [-0.39, 0.29) is 0 Å². The first-order valence-electron chi connectivity index (χ1n) is 12.2. The highest BCUT2D eigenvalue weighted by Crippen LogP contribution is 2.31. The first-order chi connectivity index (χ1) is 17.7. The zero-order chi connectivity index (χ0) is 24.9. The molecule has 1 aliphatic rings. The number of anilines is 1. The number of hydrogen-bond acceptors (Lipinski definition) is 6. The molecule has 7 nitrogen and oxygen atoms in total. The number of fused-ring (bicyclic) bond motifs is 1. The summed E-state index contributed by atoms with van der Waals surface area (Å²) >= 11 is 0. The number of nitrogens with zero attached hydrogens (tertiary/aromatic N) is 5. The van der Waals surface area contributed by atoms with E-state index in [4.69, 9.17) is 16.1 Å². The third-order valence-electron chi connectivity index (χ3n) is 6.61. The maximum atomic E-state index is 9.56. The SMILES string of the molecule is C#Cc1ccc(CNC2CCN(c3ccc(-c4cc(OCC)cn5ncc(C#N)c45)cn3)CC2)cc1. The van der Waals surface area contributed by atoms with Crippen molar-refractivity contribution in [2.75, 3.05) is 24.6 Å². The molecule has 4 heterocycles. The van der Waals surface area contributed by atoms with E-state index in [0.29, 0.717) is 24.0 Å². The summed E-state index contributed by atoms with van der Waals surface area (Å²) in [7, 11) is 0. The smallest absolute Gasteiger partial charge is 0.138 e. The Morgan fingerprint density at radius 3 is 2.61 bits per heavy atom. The predicted molar refractivity (Wildman–Crippen MR) is 141 cm³/mol. The van der Waals surface area contributed by atoms with E-state index < -0.39 is 0 Å².